The smallest absolute Gasteiger partial charge is 0.134 e. The molecule has 22 heavy (non-hydrogen) atoms. The van der Waals surface area contributed by atoms with Crippen LogP contribution in [0.3, 0.4) is 0 Å². The normalized spacial score (nSPS) is 10.9. The zero-order valence-electron chi connectivity index (χ0n) is 12.0. The predicted molar refractivity (Wildman–Crippen MR) is 90.7 cm³/mol. The molecule has 0 aliphatic rings. The molecule has 0 spiro atoms. The summed E-state index contributed by atoms with van der Waals surface area (Å²) in [6, 6.07) is 7.69. The van der Waals surface area contributed by atoms with E-state index in [4.69, 9.17) is 23.2 Å². The van der Waals surface area contributed by atoms with Gasteiger partial charge in [0.05, 0.1) is 10.5 Å². The fraction of sp³-hybridized carbons (Fsp3) is 0.188. The highest BCUT2D eigenvalue weighted by Crippen LogP contribution is 2.25. The van der Waals surface area contributed by atoms with Gasteiger partial charge in [-0.15, -0.1) is 0 Å². The lowest BCUT2D eigenvalue weighted by Crippen LogP contribution is -2.07. The molecular weight excluding hydrogens is 319 g/mol. The largest absolute Gasteiger partial charge is 0.370 e. The summed E-state index contributed by atoms with van der Waals surface area (Å²) in [7, 11) is 0. The molecule has 0 radical (unpaired) electrons. The number of hydrogen-bond donors (Lipinski definition) is 1. The van der Waals surface area contributed by atoms with E-state index in [-0.39, 0.29) is 0 Å². The van der Waals surface area contributed by atoms with Crippen molar-refractivity contribution in [3.05, 3.63) is 58.1 Å². The first-order valence-electron chi connectivity index (χ1n) is 6.88. The van der Waals surface area contributed by atoms with E-state index in [9.17, 15) is 0 Å². The van der Waals surface area contributed by atoms with Crippen LogP contribution in [0.4, 0.5) is 5.82 Å². The minimum Gasteiger partial charge on any atom is -0.370 e. The maximum Gasteiger partial charge on any atom is 0.134 e. The summed E-state index contributed by atoms with van der Waals surface area (Å²) in [5.41, 5.74) is 3.35. The second-order valence-electron chi connectivity index (χ2n) is 4.99. The van der Waals surface area contributed by atoms with Crippen molar-refractivity contribution in [2.45, 2.75) is 13.3 Å². The number of aromatic nitrogens is 3. The number of halogens is 2. The molecular formula is C16H14Cl2N4. The average molecular weight is 333 g/mol. The molecule has 0 fully saturated rings. The third kappa shape index (κ3) is 3.29. The van der Waals surface area contributed by atoms with Crippen LogP contribution in [0.15, 0.2) is 36.8 Å². The Labute approximate surface area is 138 Å². The van der Waals surface area contributed by atoms with Gasteiger partial charge in [0.15, 0.2) is 0 Å². The lowest BCUT2D eigenvalue weighted by molar-refractivity contribution is 0.990. The summed E-state index contributed by atoms with van der Waals surface area (Å²) in [6.45, 7) is 2.83. The molecule has 3 aromatic rings. The molecule has 4 nitrogen and oxygen atoms in total. The Morgan fingerprint density at radius 3 is 2.77 bits per heavy atom. The van der Waals surface area contributed by atoms with Gasteiger partial charge in [0, 0.05) is 24.2 Å². The molecule has 0 aliphatic carbocycles. The van der Waals surface area contributed by atoms with Crippen LogP contribution in [0, 0.1) is 6.92 Å². The van der Waals surface area contributed by atoms with Gasteiger partial charge in [-0.25, -0.2) is 9.97 Å². The van der Waals surface area contributed by atoms with Crippen LogP contribution in [0.2, 0.25) is 10.2 Å². The Kier molecular flexibility index (Phi) is 4.41. The Morgan fingerprint density at radius 1 is 1.09 bits per heavy atom. The minimum atomic E-state index is 0.428. The van der Waals surface area contributed by atoms with Crippen molar-refractivity contribution in [1.82, 2.24) is 15.0 Å². The summed E-state index contributed by atoms with van der Waals surface area (Å²) in [5.74, 6) is 0.721. The van der Waals surface area contributed by atoms with E-state index >= 15 is 0 Å². The van der Waals surface area contributed by atoms with Crippen LogP contribution >= 0.6 is 23.2 Å². The highest BCUT2D eigenvalue weighted by molar-refractivity contribution is 6.35. The van der Waals surface area contributed by atoms with Crippen LogP contribution in [-0.4, -0.2) is 21.5 Å². The van der Waals surface area contributed by atoms with Gasteiger partial charge in [0.2, 0.25) is 0 Å². The van der Waals surface area contributed by atoms with Gasteiger partial charge in [0.1, 0.15) is 17.3 Å². The Bertz CT molecular complexity index is 820. The van der Waals surface area contributed by atoms with Crippen LogP contribution in [0.1, 0.15) is 11.1 Å². The highest BCUT2D eigenvalue weighted by Gasteiger charge is 2.06. The van der Waals surface area contributed by atoms with Gasteiger partial charge in [-0.3, -0.25) is 4.98 Å². The lowest BCUT2D eigenvalue weighted by atomic mass is 10.0. The number of aryl methyl sites for hydroxylation is 1. The molecule has 2 aromatic heterocycles. The number of rotatable bonds is 4. The maximum absolute atomic E-state index is 6.24. The number of benzene rings is 1. The molecule has 0 saturated heterocycles. The average Bonchev–Trinajstić information content (AvgIpc) is 2.49. The fourth-order valence-electron chi connectivity index (χ4n) is 2.33. The van der Waals surface area contributed by atoms with E-state index in [0.717, 1.165) is 34.7 Å². The van der Waals surface area contributed by atoms with E-state index < -0.39 is 0 Å². The van der Waals surface area contributed by atoms with Gasteiger partial charge in [-0.05, 0) is 42.7 Å². The topological polar surface area (TPSA) is 50.7 Å². The van der Waals surface area contributed by atoms with E-state index in [0.29, 0.717) is 5.15 Å². The fourth-order valence-corrected chi connectivity index (χ4v) is 2.69. The molecule has 2 heterocycles. The zero-order valence-corrected chi connectivity index (χ0v) is 13.5. The third-order valence-electron chi connectivity index (χ3n) is 3.48. The molecule has 0 saturated carbocycles. The summed E-state index contributed by atoms with van der Waals surface area (Å²) >= 11 is 12.1. The van der Waals surface area contributed by atoms with E-state index in [1.165, 1.54) is 17.5 Å². The molecule has 3 rings (SSSR count). The monoisotopic (exact) mass is 332 g/mol. The number of hydrogen-bond acceptors (Lipinski definition) is 4. The molecule has 1 N–H and O–H groups in total. The standard InChI is InChI=1S/C16H14Cl2N4/c1-10-6-14-12(13(17)3-5-19-14)7-11(10)2-4-20-16-8-15(18)21-9-22-16/h3,5-9H,2,4H2,1H3,(H,20,21,22). The number of nitrogens with one attached hydrogen (secondary N) is 1. The Balaban J connectivity index is 1.76. The van der Waals surface area contributed by atoms with Crippen LogP contribution in [0.5, 0.6) is 0 Å². The van der Waals surface area contributed by atoms with Crippen LogP contribution in [0.25, 0.3) is 10.9 Å². The number of fused-ring (bicyclic) bond motifs is 1. The minimum absolute atomic E-state index is 0.428. The van der Waals surface area contributed by atoms with Crippen molar-refractivity contribution >= 4 is 39.9 Å². The lowest BCUT2D eigenvalue weighted by Gasteiger charge is -2.10. The molecule has 112 valence electrons. The quantitative estimate of drug-likeness (QED) is 0.724. The number of pyridine rings is 1. The van der Waals surface area contributed by atoms with Crippen molar-refractivity contribution in [2.75, 3.05) is 11.9 Å². The first kappa shape index (κ1) is 15.0. The maximum atomic E-state index is 6.24. The van der Waals surface area contributed by atoms with Crippen molar-refractivity contribution < 1.29 is 0 Å². The zero-order chi connectivity index (χ0) is 15.5. The molecule has 0 bridgehead atoms. The first-order chi connectivity index (χ1) is 10.6. The summed E-state index contributed by atoms with van der Waals surface area (Å²) in [5, 5.41) is 5.37. The molecule has 6 heteroatoms. The van der Waals surface area contributed by atoms with E-state index in [2.05, 4.69) is 39.3 Å². The van der Waals surface area contributed by atoms with Crippen molar-refractivity contribution in [3.63, 3.8) is 0 Å². The summed E-state index contributed by atoms with van der Waals surface area (Å²) < 4.78 is 0. The number of anilines is 1. The van der Waals surface area contributed by atoms with Gasteiger partial charge >= 0.3 is 0 Å². The second kappa shape index (κ2) is 6.46. The summed E-state index contributed by atoms with van der Waals surface area (Å²) in [4.78, 5) is 12.3. The van der Waals surface area contributed by atoms with Crippen molar-refractivity contribution in [3.8, 4) is 0 Å². The Morgan fingerprint density at radius 2 is 1.95 bits per heavy atom. The number of nitrogens with zero attached hydrogens (tertiary/aromatic N) is 3. The van der Waals surface area contributed by atoms with Crippen LogP contribution < -0.4 is 5.32 Å². The third-order valence-corrected chi connectivity index (χ3v) is 4.02. The first-order valence-corrected chi connectivity index (χ1v) is 7.64. The molecule has 0 aliphatic heterocycles. The van der Waals surface area contributed by atoms with Crippen LogP contribution in [-0.2, 0) is 6.42 Å². The SMILES string of the molecule is Cc1cc2nccc(Cl)c2cc1CCNc1cc(Cl)ncn1. The molecule has 0 unspecified atom stereocenters. The second-order valence-corrected chi connectivity index (χ2v) is 5.79. The van der Waals surface area contributed by atoms with Gasteiger partial charge in [-0.1, -0.05) is 23.2 Å². The van der Waals surface area contributed by atoms with Crippen molar-refractivity contribution in [1.29, 1.82) is 0 Å². The van der Waals surface area contributed by atoms with Gasteiger partial charge in [0.25, 0.3) is 0 Å². The predicted octanol–water partition coefficient (Wildman–Crippen LogP) is 4.29. The van der Waals surface area contributed by atoms with E-state index in [1.807, 2.05) is 6.07 Å². The molecule has 0 atom stereocenters. The molecule has 0 amide bonds. The van der Waals surface area contributed by atoms with Gasteiger partial charge < -0.3 is 5.32 Å². The summed E-state index contributed by atoms with van der Waals surface area (Å²) in [6.07, 6.45) is 4.02. The van der Waals surface area contributed by atoms with Gasteiger partial charge in [-0.2, -0.15) is 0 Å². The molecule has 1 aromatic carbocycles. The van der Waals surface area contributed by atoms with Crippen molar-refractivity contribution in [2.24, 2.45) is 0 Å². The Hall–Kier alpha value is -1.91. The van der Waals surface area contributed by atoms with E-state index in [1.54, 1.807) is 12.3 Å². The highest BCUT2D eigenvalue weighted by atomic mass is 35.5.